The van der Waals surface area contributed by atoms with Crippen LogP contribution in [0, 0.1) is 0 Å². The van der Waals surface area contributed by atoms with E-state index in [1.165, 1.54) is 19.9 Å². The fourth-order valence-electron chi connectivity index (χ4n) is 2.91. The second kappa shape index (κ2) is 6.23. The van der Waals surface area contributed by atoms with Crippen LogP contribution in [0.1, 0.15) is 26.3 Å². The van der Waals surface area contributed by atoms with E-state index in [4.69, 9.17) is 18.6 Å². The Morgan fingerprint density at radius 3 is 2.68 bits per heavy atom. The first-order valence-corrected chi connectivity index (χ1v) is 7.83. The standard InChI is InChI=1S/C18H18O7/c1-10(19)22-9-18(3,25-11(2)20)16-7-13-6-12-4-5-17(21)24-14(12)8-15(13)23-16/h4-6,8,16H,7,9H2,1-3H3/t16-,18-/m1/s1. The van der Waals surface area contributed by atoms with Crippen molar-refractivity contribution in [2.45, 2.75) is 38.9 Å². The van der Waals surface area contributed by atoms with Gasteiger partial charge in [-0.3, -0.25) is 9.59 Å². The van der Waals surface area contributed by atoms with Gasteiger partial charge in [0.1, 0.15) is 24.0 Å². The van der Waals surface area contributed by atoms with Crippen molar-refractivity contribution >= 4 is 22.9 Å². The number of rotatable bonds is 4. The first kappa shape index (κ1) is 17.0. The number of carbonyl (C=O) groups is 2. The van der Waals surface area contributed by atoms with E-state index in [9.17, 15) is 14.4 Å². The summed E-state index contributed by atoms with van der Waals surface area (Å²) in [6, 6.07) is 6.55. The molecule has 2 heterocycles. The average molecular weight is 346 g/mol. The molecule has 0 radical (unpaired) electrons. The first-order valence-electron chi connectivity index (χ1n) is 7.83. The van der Waals surface area contributed by atoms with E-state index in [1.807, 2.05) is 6.07 Å². The molecule has 0 saturated heterocycles. The smallest absolute Gasteiger partial charge is 0.336 e. The molecular weight excluding hydrogens is 328 g/mol. The molecule has 25 heavy (non-hydrogen) atoms. The second-order valence-corrected chi connectivity index (χ2v) is 6.25. The van der Waals surface area contributed by atoms with Gasteiger partial charge < -0.3 is 18.6 Å². The van der Waals surface area contributed by atoms with Crippen molar-refractivity contribution in [1.29, 1.82) is 0 Å². The van der Waals surface area contributed by atoms with E-state index in [1.54, 1.807) is 19.1 Å². The van der Waals surface area contributed by atoms with Gasteiger partial charge in [-0.05, 0) is 24.6 Å². The molecule has 2 atom stereocenters. The minimum absolute atomic E-state index is 0.116. The van der Waals surface area contributed by atoms with Crippen molar-refractivity contribution in [2.24, 2.45) is 0 Å². The summed E-state index contributed by atoms with van der Waals surface area (Å²) in [5, 5.41) is 0.775. The number of ether oxygens (including phenoxy) is 3. The van der Waals surface area contributed by atoms with Crippen LogP contribution in [0.25, 0.3) is 11.0 Å². The number of carbonyl (C=O) groups excluding carboxylic acids is 2. The number of esters is 2. The predicted octanol–water partition coefficient (Wildman–Crippen LogP) is 1.98. The Morgan fingerprint density at radius 2 is 2.00 bits per heavy atom. The van der Waals surface area contributed by atoms with E-state index in [2.05, 4.69) is 0 Å². The van der Waals surface area contributed by atoms with Crippen LogP contribution in [-0.2, 0) is 25.5 Å². The van der Waals surface area contributed by atoms with E-state index in [0.717, 1.165) is 10.9 Å². The molecule has 132 valence electrons. The van der Waals surface area contributed by atoms with Crippen molar-refractivity contribution in [1.82, 2.24) is 0 Å². The van der Waals surface area contributed by atoms with Crippen molar-refractivity contribution in [3.05, 3.63) is 40.2 Å². The van der Waals surface area contributed by atoms with Gasteiger partial charge >= 0.3 is 17.6 Å². The van der Waals surface area contributed by atoms with Gasteiger partial charge in [-0.1, -0.05) is 0 Å². The highest BCUT2D eigenvalue weighted by Gasteiger charge is 2.44. The van der Waals surface area contributed by atoms with Crippen LogP contribution >= 0.6 is 0 Å². The molecule has 0 bridgehead atoms. The number of hydrogen-bond donors (Lipinski definition) is 0. The average Bonchev–Trinajstić information content (AvgIpc) is 2.93. The molecule has 0 saturated carbocycles. The summed E-state index contributed by atoms with van der Waals surface area (Å²) in [6.07, 6.45) is -0.0654. The third-order valence-corrected chi connectivity index (χ3v) is 4.10. The molecule has 3 rings (SSSR count). The Balaban J connectivity index is 1.91. The molecule has 7 nitrogen and oxygen atoms in total. The van der Waals surface area contributed by atoms with E-state index in [-0.39, 0.29) is 6.61 Å². The largest absolute Gasteiger partial charge is 0.485 e. The SMILES string of the molecule is CC(=O)OC[C@@](C)(OC(C)=O)[C@H]1Cc2cc3ccc(=O)oc3cc2O1. The van der Waals surface area contributed by atoms with Gasteiger partial charge in [-0.15, -0.1) is 0 Å². The van der Waals surface area contributed by atoms with Crippen LogP contribution in [0.5, 0.6) is 5.75 Å². The number of fused-ring (bicyclic) bond motifs is 2. The summed E-state index contributed by atoms with van der Waals surface area (Å²) in [6.45, 7) is 4.12. The number of hydrogen-bond acceptors (Lipinski definition) is 7. The van der Waals surface area contributed by atoms with E-state index < -0.39 is 29.3 Å². The monoisotopic (exact) mass is 346 g/mol. The lowest BCUT2D eigenvalue weighted by Crippen LogP contribution is -2.50. The summed E-state index contributed by atoms with van der Waals surface area (Å²) in [5.74, 6) is -0.417. The first-order chi connectivity index (χ1) is 11.8. The minimum atomic E-state index is -1.14. The molecular formula is C18H18O7. The van der Waals surface area contributed by atoms with Crippen molar-refractivity contribution < 1.29 is 28.2 Å². The molecule has 1 aromatic heterocycles. The van der Waals surface area contributed by atoms with Gasteiger partial charge in [-0.2, -0.15) is 0 Å². The van der Waals surface area contributed by atoms with Gasteiger partial charge in [0.15, 0.2) is 5.60 Å². The predicted molar refractivity (Wildman–Crippen MR) is 87.4 cm³/mol. The van der Waals surface area contributed by atoms with E-state index >= 15 is 0 Å². The summed E-state index contributed by atoms with van der Waals surface area (Å²) in [7, 11) is 0. The maximum absolute atomic E-state index is 11.5. The quantitative estimate of drug-likeness (QED) is 0.617. The maximum Gasteiger partial charge on any atom is 0.336 e. The molecule has 0 fully saturated rings. The Morgan fingerprint density at radius 1 is 1.24 bits per heavy atom. The van der Waals surface area contributed by atoms with E-state index in [0.29, 0.717) is 17.8 Å². The second-order valence-electron chi connectivity index (χ2n) is 6.25. The van der Waals surface area contributed by atoms with Crippen LogP contribution in [0.2, 0.25) is 0 Å². The molecule has 0 N–H and O–H groups in total. The Labute approximate surface area is 143 Å². The zero-order valence-electron chi connectivity index (χ0n) is 14.2. The third-order valence-electron chi connectivity index (χ3n) is 4.10. The molecule has 0 spiro atoms. The zero-order chi connectivity index (χ0) is 18.2. The Bertz CT molecular complexity index is 898. The van der Waals surface area contributed by atoms with Gasteiger partial charge in [-0.25, -0.2) is 4.79 Å². The summed E-state index contributed by atoms with van der Waals surface area (Å²) >= 11 is 0. The lowest BCUT2D eigenvalue weighted by Gasteiger charge is -2.33. The Kier molecular flexibility index (Phi) is 4.24. The minimum Gasteiger partial charge on any atom is -0.485 e. The van der Waals surface area contributed by atoms with Crippen molar-refractivity contribution in [3.63, 3.8) is 0 Å². The molecule has 0 amide bonds. The highest BCUT2D eigenvalue weighted by atomic mass is 16.6. The third kappa shape index (κ3) is 3.50. The van der Waals surface area contributed by atoms with Gasteiger partial charge in [0, 0.05) is 37.8 Å². The molecule has 1 aliphatic heterocycles. The molecule has 2 aromatic rings. The maximum atomic E-state index is 11.5. The topological polar surface area (TPSA) is 92.0 Å². The summed E-state index contributed by atoms with van der Waals surface area (Å²) < 4.78 is 21.5. The normalized spacial score (nSPS) is 18.1. The molecule has 1 aliphatic rings. The van der Waals surface area contributed by atoms with Crippen LogP contribution in [0.15, 0.2) is 33.5 Å². The lowest BCUT2D eigenvalue weighted by atomic mass is 9.95. The highest BCUT2D eigenvalue weighted by molar-refractivity contribution is 5.79. The van der Waals surface area contributed by atoms with Crippen LogP contribution in [0.4, 0.5) is 0 Å². The van der Waals surface area contributed by atoms with Gasteiger partial charge in [0.25, 0.3) is 0 Å². The fraction of sp³-hybridized carbons (Fsp3) is 0.389. The van der Waals surface area contributed by atoms with Crippen molar-refractivity contribution in [2.75, 3.05) is 6.61 Å². The van der Waals surface area contributed by atoms with Crippen molar-refractivity contribution in [3.8, 4) is 5.75 Å². The summed E-state index contributed by atoms with van der Waals surface area (Å²) in [4.78, 5) is 34.0. The van der Waals surface area contributed by atoms with Crippen LogP contribution in [-0.4, -0.2) is 30.3 Å². The van der Waals surface area contributed by atoms with Crippen LogP contribution < -0.4 is 10.4 Å². The highest BCUT2D eigenvalue weighted by Crippen LogP contribution is 2.37. The molecule has 1 aromatic carbocycles. The number of benzene rings is 1. The lowest BCUT2D eigenvalue weighted by molar-refractivity contribution is -0.179. The van der Waals surface area contributed by atoms with Gasteiger partial charge in [0.2, 0.25) is 0 Å². The fourth-order valence-corrected chi connectivity index (χ4v) is 2.91. The summed E-state index contributed by atoms with van der Waals surface area (Å²) in [5.41, 5.74) is -0.265. The van der Waals surface area contributed by atoms with Crippen LogP contribution in [0.3, 0.4) is 0 Å². The molecule has 0 aliphatic carbocycles. The zero-order valence-corrected chi connectivity index (χ0v) is 14.2. The molecule has 7 heteroatoms. The van der Waals surface area contributed by atoms with Gasteiger partial charge in [0.05, 0.1) is 0 Å². The Hall–Kier alpha value is -2.83. The molecule has 0 unspecified atom stereocenters.